The number of hydrogen-bond donors (Lipinski definition) is 1. The Labute approximate surface area is 114 Å². The van der Waals surface area contributed by atoms with E-state index in [0.29, 0.717) is 29.3 Å². The third-order valence-corrected chi connectivity index (χ3v) is 5.48. The Bertz CT molecular complexity index is 553. The van der Waals surface area contributed by atoms with Crippen LogP contribution in [0.5, 0.6) is 0 Å². The van der Waals surface area contributed by atoms with Crippen molar-refractivity contribution in [3.8, 4) is 0 Å². The minimum Gasteiger partial charge on any atom is -0.398 e. The van der Waals surface area contributed by atoms with Gasteiger partial charge in [0.1, 0.15) is 0 Å². The molecule has 6 heteroatoms. The van der Waals surface area contributed by atoms with Crippen LogP contribution in [0.1, 0.15) is 18.4 Å². The fourth-order valence-electron chi connectivity index (χ4n) is 2.08. The quantitative estimate of drug-likeness (QED) is 0.801. The van der Waals surface area contributed by atoms with Gasteiger partial charge in [-0.3, -0.25) is 0 Å². The molecule has 0 unspecified atom stereocenters. The molecule has 0 bridgehead atoms. The molecule has 0 heterocycles. The zero-order valence-electron chi connectivity index (χ0n) is 11.3. The fourth-order valence-corrected chi connectivity index (χ4v) is 4.01. The van der Waals surface area contributed by atoms with E-state index in [2.05, 4.69) is 0 Å². The van der Waals surface area contributed by atoms with E-state index in [1.807, 2.05) is 0 Å². The molecule has 1 aromatic rings. The summed E-state index contributed by atoms with van der Waals surface area (Å²) in [7, 11) is -1.92. The van der Waals surface area contributed by atoms with Crippen molar-refractivity contribution in [2.45, 2.75) is 30.7 Å². The van der Waals surface area contributed by atoms with Crippen molar-refractivity contribution in [3.05, 3.63) is 23.8 Å². The summed E-state index contributed by atoms with van der Waals surface area (Å²) >= 11 is 0. The van der Waals surface area contributed by atoms with Crippen LogP contribution in [0.25, 0.3) is 0 Å². The summed E-state index contributed by atoms with van der Waals surface area (Å²) in [5.41, 5.74) is 6.92. The number of anilines is 1. The smallest absolute Gasteiger partial charge is 0.243 e. The maximum atomic E-state index is 12.7. The second-order valence-electron chi connectivity index (χ2n) is 4.81. The lowest BCUT2D eigenvalue weighted by molar-refractivity contribution is 0.177. The molecule has 1 aromatic carbocycles. The van der Waals surface area contributed by atoms with Crippen molar-refractivity contribution in [1.82, 2.24) is 4.31 Å². The topological polar surface area (TPSA) is 72.6 Å². The number of rotatable bonds is 6. The summed E-state index contributed by atoms with van der Waals surface area (Å²) in [4.78, 5) is 0.301. The van der Waals surface area contributed by atoms with E-state index in [1.54, 1.807) is 32.2 Å². The molecule has 0 aliphatic heterocycles. The minimum atomic E-state index is -3.49. The summed E-state index contributed by atoms with van der Waals surface area (Å²) in [6.07, 6.45) is 1.84. The fraction of sp³-hybridized carbons (Fsp3) is 0.538. The Hall–Kier alpha value is -1.11. The molecule has 5 nitrogen and oxygen atoms in total. The lowest BCUT2D eigenvalue weighted by atomic mass is 10.2. The third kappa shape index (κ3) is 2.91. The van der Waals surface area contributed by atoms with E-state index < -0.39 is 10.0 Å². The normalized spacial score (nSPS) is 15.9. The Balaban J connectivity index is 2.36. The molecule has 1 saturated carbocycles. The number of sulfonamides is 1. The van der Waals surface area contributed by atoms with Gasteiger partial charge in [0, 0.05) is 25.4 Å². The van der Waals surface area contributed by atoms with Crippen LogP contribution in [0.3, 0.4) is 0 Å². The second kappa shape index (κ2) is 5.48. The van der Waals surface area contributed by atoms with Crippen LogP contribution in [0.2, 0.25) is 0 Å². The zero-order valence-corrected chi connectivity index (χ0v) is 12.1. The monoisotopic (exact) mass is 284 g/mol. The van der Waals surface area contributed by atoms with E-state index in [1.165, 1.54) is 4.31 Å². The van der Waals surface area contributed by atoms with Gasteiger partial charge in [0.2, 0.25) is 10.0 Å². The van der Waals surface area contributed by atoms with Gasteiger partial charge in [-0.1, -0.05) is 6.07 Å². The summed E-state index contributed by atoms with van der Waals surface area (Å²) in [5.74, 6) is 0. The molecular weight excluding hydrogens is 264 g/mol. The standard InChI is InChI=1S/C13H20N2O3S/c1-10-12(14)4-3-5-13(10)19(16,17)15(8-9-18-2)11-6-7-11/h3-5,11H,6-9,14H2,1-2H3. The van der Waals surface area contributed by atoms with E-state index in [4.69, 9.17) is 10.5 Å². The lowest BCUT2D eigenvalue weighted by Gasteiger charge is -2.22. The summed E-state index contributed by atoms with van der Waals surface area (Å²) in [6, 6.07) is 5.12. The van der Waals surface area contributed by atoms with Crippen LogP contribution < -0.4 is 5.73 Å². The van der Waals surface area contributed by atoms with Gasteiger partial charge < -0.3 is 10.5 Å². The van der Waals surface area contributed by atoms with Crippen molar-refractivity contribution in [3.63, 3.8) is 0 Å². The van der Waals surface area contributed by atoms with Crippen LogP contribution in [0.4, 0.5) is 5.69 Å². The highest BCUT2D eigenvalue weighted by atomic mass is 32.2. The van der Waals surface area contributed by atoms with Crippen LogP contribution in [0.15, 0.2) is 23.1 Å². The van der Waals surface area contributed by atoms with Gasteiger partial charge >= 0.3 is 0 Å². The van der Waals surface area contributed by atoms with E-state index in [0.717, 1.165) is 12.8 Å². The van der Waals surface area contributed by atoms with Crippen molar-refractivity contribution < 1.29 is 13.2 Å². The van der Waals surface area contributed by atoms with Crippen LogP contribution in [-0.2, 0) is 14.8 Å². The first-order valence-electron chi connectivity index (χ1n) is 6.34. The molecule has 0 radical (unpaired) electrons. The van der Waals surface area contributed by atoms with Crippen LogP contribution in [0, 0.1) is 6.92 Å². The Morgan fingerprint density at radius 2 is 2.11 bits per heavy atom. The molecule has 2 N–H and O–H groups in total. The highest BCUT2D eigenvalue weighted by Gasteiger charge is 2.38. The summed E-state index contributed by atoms with van der Waals surface area (Å²) in [6.45, 7) is 2.53. The van der Waals surface area contributed by atoms with Crippen molar-refractivity contribution >= 4 is 15.7 Å². The number of ether oxygens (including phenoxy) is 1. The zero-order chi connectivity index (χ0) is 14.0. The van der Waals surface area contributed by atoms with Gasteiger partial charge in [0.25, 0.3) is 0 Å². The van der Waals surface area contributed by atoms with Gasteiger partial charge in [-0.25, -0.2) is 8.42 Å². The number of benzene rings is 1. The largest absolute Gasteiger partial charge is 0.398 e. The Morgan fingerprint density at radius 1 is 1.42 bits per heavy atom. The molecular formula is C13H20N2O3S. The number of nitrogens with two attached hydrogens (primary N) is 1. The molecule has 19 heavy (non-hydrogen) atoms. The molecule has 2 rings (SSSR count). The highest BCUT2D eigenvalue weighted by Crippen LogP contribution is 2.33. The van der Waals surface area contributed by atoms with E-state index in [9.17, 15) is 8.42 Å². The molecule has 1 aliphatic carbocycles. The van der Waals surface area contributed by atoms with Gasteiger partial charge in [-0.05, 0) is 37.5 Å². The SMILES string of the molecule is COCCN(C1CC1)S(=O)(=O)c1cccc(N)c1C. The maximum Gasteiger partial charge on any atom is 0.243 e. The lowest BCUT2D eigenvalue weighted by Crippen LogP contribution is -2.36. The van der Waals surface area contributed by atoms with Crippen molar-refractivity contribution in [2.75, 3.05) is 26.0 Å². The van der Waals surface area contributed by atoms with Crippen molar-refractivity contribution in [2.24, 2.45) is 0 Å². The maximum absolute atomic E-state index is 12.7. The first-order chi connectivity index (χ1) is 8.98. The Morgan fingerprint density at radius 3 is 2.68 bits per heavy atom. The van der Waals surface area contributed by atoms with Gasteiger partial charge in [-0.15, -0.1) is 0 Å². The first-order valence-corrected chi connectivity index (χ1v) is 7.78. The molecule has 1 aliphatic rings. The van der Waals surface area contributed by atoms with Crippen LogP contribution in [-0.4, -0.2) is 39.0 Å². The van der Waals surface area contributed by atoms with E-state index >= 15 is 0 Å². The second-order valence-corrected chi connectivity index (χ2v) is 6.67. The molecule has 0 atom stereocenters. The summed E-state index contributed by atoms with van der Waals surface area (Å²) < 4.78 is 32.0. The summed E-state index contributed by atoms with van der Waals surface area (Å²) in [5, 5.41) is 0. The molecule has 1 fully saturated rings. The first kappa shape index (κ1) is 14.3. The molecule has 0 saturated heterocycles. The molecule has 106 valence electrons. The predicted octanol–water partition coefficient (Wildman–Crippen LogP) is 1.38. The van der Waals surface area contributed by atoms with Gasteiger partial charge in [-0.2, -0.15) is 4.31 Å². The number of nitrogen functional groups attached to an aromatic ring is 1. The average Bonchev–Trinajstić information content (AvgIpc) is 3.17. The van der Waals surface area contributed by atoms with Crippen molar-refractivity contribution in [1.29, 1.82) is 0 Å². The predicted molar refractivity (Wildman–Crippen MR) is 74.4 cm³/mol. The van der Waals surface area contributed by atoms with Crippen LogP contribution >= 0.6 is 0 Å². The number of nitrogens with zero attached hydrogens (tertiary/aromatic N) is 1. The minimum absolute atomic E-state index is 0.112. The third-order valence-electron chi connectivity index (χ3n) is 3.38. The molecule has 0 aromatic heterocycles. The molecule has 0 amide bonds. The number of methoxy groups -OCH3 is 1. The molecule has 0 spiro atoms. The van der Waals surface area contributed by atoms with E-state index in [-0.39, 0.29) is 6.04 Å². The van der Waals surface area contributed by atoms with Gasteiger partial charge in [0.15, 0.2) is 0 Å². The Kier molecular flexibility index (Phi) is 4.13. The average molecular weight is 284 g/mol. The van der Waals surface area contributed by atoms with Gasteiger partial charge in [0.05, 0.1) is 11.5 Å². The highest BCUT2D eigenvalue weighted by molar-refractivity contribution is 7.89. The number of hydrogen-bond acceptors (Lipinski definition) is 4.